The van der Waals surface area contributed by atoms with Gasteiger partial charge in [-0.25, -0.2) is 13.1 Å². The van der Waals surface area contributed by atoms with Crippen molar-refractivity contribution in [1.82, 2.24) is 19.5 Å². The summed E-state index contributed by atoms with van der Waals surface area (Å²) in [6.07, 6.45) is 0. The van der Waals surface area contributed by atoms with Crippen molar-refractivity contribution in [3.05, 3.63) is 44.8 Å². The van der Waals surface area contributed by atoms with Crippen molar-refractivity contribution in [3.63, 3.8) is 0 Å². The fourth-order valence-corrected chi connectivity index (χ4v) is 5.19. The summed E-state index contributed by atoms with van der Waals surface area (Å²) >= 11 is 0.992. The van der Waals surface area contributed by atoms with E-state index in [1.54, 1.807) is 6.07 Å². The van der Waals surface area contributed by atoms with E-state index in [9.17, 15) is 13.2 Å². The zero-order valence-electron chi connectivity index (χ0n) is 14.5. The quantitative estimate of drug-likeness (QED) is 0.710. The van der Waals surface area contributed by atoms with Crippen molar-refractivity contribution in [2.45, 2.75) is 45.2 Å². The van der Waals surface area contributed by atoms with Crippen LogP contribution in [0.4, 0.5) is 0 Å². The second kappa shape index (κ2) is 6.40. The summed E-state index contributed by atoms with van der Waals surface area (Å²) in [4.78, 5) is 14.0. The van der Waals surface area contributed by atoms with Crippen LogP contribution in [-0.2, 0) is 16.6 Å². The van der Waals surface area contributed by atoms with Gasteiger partial charge in [-0.3, -0.25) is 9.48 Å². The fourth-order valence-electron chi connectivity index (χ4n) is 3.10. The Morgan fingerprint density at radius 3 is 2.72 bits per heavy atom. The second-order valence-corrected chi connectivity index (χ2v) is 8.64. The standard InChI is InChI=1S/C16H20N4O3S2/c1-5-20-11(4)15(9(2)18-20)10(3)19-25(22,23)12-6-7-13-14(8-12)24-16(21)17-13/h6-8,10,19H,5H2,1-4H3,(H,17,21)/t10-/m1/s1. The Kier molecular flexibility index (Phi) is 4.56. The van der Waals surface area contributed by atoms with Crippen molar-refractivity contribution in [2.75, 3.05) is 0 Å². The maximum Gasteiger partial charge on any atom is 0.305 e. The van der Waals surface area contributed by atoms with Gasteiger partial charge >= 0.3 is 4.87 Å². The third-order valence-electron chi connectivity index (χ3n) is 4.20. The van der Waals surface area contributed by atoms with E-state index in [1.807, 2.05) is 32.4 Å². The molecule has 2 heterocycles. The molecule has 2 N–H and O–H groups in total. The van der Waals surface area contributed by atoms with Crippen molar-refractivity contribution < 1.29 is 8.42 Å². The van der Waals surface area contributed by atoms with Gasteiger partial charge in [0.15, 0.2) is 0 Å². The average molecular weight is 380 g/mol. The molecule has 1 aromatic carbocycles. The molecular weight excluding hydrogens is 360 g/mol. The van der Waals surface area contributed by atoms with E-state index in [1.165, 1.54) is 12.1 Å². The third-order valence-corrected chi connectivity index (χ3v) is 6.59. The van der Waals surface area contributed by atoms with Crippen LogP contribution in [0.2, 0.25) is 0 Å². The van der Waals surface area contributed by atoms with E-state index >= 15 is 0 Å². The molecule has 134 valence electrons. The summed E-state index contributed by atoms with van der Waals surface area (Å²) in [7, 11) is -3.72. The number of rotatable bonds is 5. The molecule has 0 bridgehead atoms. The number of sulfonamides is 1. The van der Waals surface area contributed by atoms with E-state index < -0.39 is 16.1 Å². The largest absolute Gasteiger partial charge is 0.312 e. The van der Waals surface area contributed by atoms with Crippen LogP contribution in [0, 0.1) is 13.8 Å². The third kappa shape index (κ3) is 3.26. The average Bonchev–Trinajstić information content (AvgIpc) is 3.04. The zero-order valence-corrected chi connectivity index (χ0v) is 16.1. The topological polar surface area (TPSA) is 96.8 Å². The maximum absolute atomic E-state index is 12.7. The van der Waals surface area contributed by atoms with Crippen LogP contribution in [0.25, 0.3) is 10.2 Å². The Morgan fingerprint density at radius 2 is 2.08 bits per heavy atom. The molecule has 2 aromatic heterocycles. The highest BCUT2D eigenvalue weighted by molar-refractivity contribution is 7.89. The Balaban J connectivity index is 1.94. The lowest BCUT2D eigenvalue weighted by molar-refractivity contribution is 0.565. The molecule has 9 heteroatoms. The molecule has 0 amide bonds. The number of nitrogens with one attached hydrogen (secondary N) is 2. The number of aromatic amines is 1. The Morgan fingerprint density at radius 1 is 1.36 bits per heavy atom. The fraction of sp³-hybridized carbons (Fsp3) is 0.375. The minimum absolute atomic E-state index is 0.139. The van der Waals surface area contributed by atoms with Gasteiger partial charge < -0.3 is 4.98 Å². The molecule has 3 rings (SSSR count). The molecule has 7 nitrogen and oxygen atoms in total. The lowest BCUT2D eigenvalue weighted by Gasteiger charge is -2.15. The molecule has 0 saturated carbocycles. The van der Waals surface area contributed by atoms with E-state index in [2.05, 4.69) is 14.8 Å². The minimum Gasteiger partial charge on any atom is -0.312 e. The summed E-state index contributed by atoms with van der Waals surface area (Å²) in [6.45, 7) is 8.35. The number of nitrogens with zero attached hydrogens (tertiary/aromatic N) is 2. The van der Waals surface area contributed by atoms with Crippen LogP contribution in [0.1, 0.15) is 36.8 Å². The molecule has 0 aliphatic rings. The number of thiazole rings is 1. The molecular formula is C16H20N4O3S2. The summed E-state index contributed by atoms with van der Waals surface area (Å²) in [5.41, 5.74) is 3.29. The van der Waals surface area contributed by atoms with Crippen LogP contribution in [0.15, 0.2) is 27.9 Å². The molecule has 0 fully saturated rings. The molecule has 0 radical (unpaired) electrons. The van der Waals surface area contributed by atoms with Gasteiger partial charge in [0.1, 0.15) is 0 Å². The lowest BCUT2D eigenvalue weighted by atomic mass is 10.1. The van der Waals surface area contributed by atoms with E-state index in [-0.39, 0.29) is 9.77 Å². The van der Waals surface area contributed by atoms with E-state index in [0.717, 1.165) is 34.8 Å². The first kappa shape index (κ1) is 17.8. The first-order chi connectivity index (χ1) is 11.7. The highest BCUT2D eigenvalue weighted by Gasteiger charge is 2.23. The molecule has 25 heavy (non-hydrogen) atoms. The monoisotopic (exact) mass is 380 g/mol. The van der Waals surface area contributed by atoms with Gasteiger partial charge in [0, 0.05) is 23.8 Å². The van der Waals surface area contributed by atoms with Crippen LogP contribution < -0.4 is 9.60 Å². The van der Waals surface area contributed by atoms with Crippen LogP contribution >= 0.6 is 11.3 Å². The van der Waals surface area contributed by atoms with Crippen molar-refractivity contribution in [3.8, 4) is 0 Å². The smallest absolute Gasteiger partial charge is 0.305 e. The Bertz CT molecular complexity index is 1090. The maximum atomic E-state index is 12.7. The molecule has 0 unspecified atom stereocenters. The summed E-state index contributed by atoms with van der Waals surface area (Å²) < 4.78 is 30.7. The van der Waals surface area contributed by atoms with Gasteiger partial charge in [0.25, 0.3) is 0 Å². The number of hydrogen-bond donors (Lipinski definition) is 2. The summed E-state index contributed by atoms with van der Waals surface area (Å²) in [5.74, 6) is 0. The van der Waals surface area contributed by atoms with Gasteiger partial charge in [-0.1, -0.05) is 11.3 Å². The van der Waals surface area contributed by atoms with Gasteiger partial charge in [0.2, 0.25) is 10.0 Å². The molecule has 0 saturated heterocycles. The van der Waals surface area contributed by atoms with Gasteiger partial charge in [0.05, 0.1) is 20.8 Å². The van der Waals surface area contributed by atoms with Gasteiger partial charge in [-0.05, 0) is 45.9 Å². The molecule has 0 aliphatic heterocycles. The normalized spacial score (nSPS) is 13.4. The lowest BCUT2D eigenvalue weighted by Crippen LogP contribution is -2.27. The van der Waals surface area contributed by atoms with Crippen molar-refractivity contribution in [1.29, 1.82) is 0 Å². The van der Waals surface area contributed by atoms with Crippen LogP contribution in [0.3, 0.4) is 0 Å². The molecule has 0 spiro atoms. The second-order valence-electron chi connectivity index (χ2n) is 5.92. The van der Waals surface area contributed by atoms with Gasteiger partial charge in [-0.15, -0.1) is 0 Å². The SMILES string of the molecule is CCn1nc(C)c([C@@H](C)NS(=O)(=O)c2ccc3[nH]c(=O)sc3c2)c1C. The van der Waals surface area contributed by atoms with Crippen LogP contribution in [0.5, 0.6) is 0 Å². The highest BCUT2D eigenvalue weighted by Crippen LogP contribution is 2.25. The predicted molar refractivity (Wildman–Crippen MR) is 98.6 cm³/mol. The zero-order chi connectivity index (χ0) is 18.4. The Hall–Kier alpha value is -1.97. The van der Waals surface area contributed by atoms with Crippen molar-refractivity contribution >= 4 is 31.6 Å². The van der Waals surface area contributed by atoms with Crippen molar-refractivity contribution in [2.24, 2.45) is 0 Å². The summed E-state index contributed by atoms with van der Waals surface area (Å²) in [6, 6.07) is 4.21. The van der Waals surface area contributed by atoms with Gasteiger partial charge in [-0.2, -0.15) is 5.10 Å². The van der Waals surface area contributed by atoms with E-state index in [4.69, 9.17) is 0 Å². The summed E-state index contributed by atoms with van der Waals surface area (Å²) in [5, 5.41) is 4.44. The molecule has 0 aliphatic carbocycles. The van der Waals surface area contributed by atoms with Crippen LogP contribution in [-0.4, -0.2) is 23.2 Å². The first-order valence-electron chi connectivity index (χ1n) is 7.92. The molecule has 3 aromatic rings. The first-order valence-corrected chi connectivity index (χ1v) is 10.2. The number of fused-ring (bicyclic) bond motifs is 1. The highest BCUT2D eigenvalue weighted by atomic mass is 32.2. The number of benzene rings is 1. The predicted octanol–water partition coefficient (Wildman–Crippen LogP) is 2.46. The number of aromatic nitrogens is 3. The molecule has 1 atom stereocenters. The number of hydrogen-bond acceptors (Lipinski definition) is 5. The number of H-pyrrole nitrogens is 1. The van der Waals surface area contributed by atoms with E-state index in [0.29, 0.717) is 10.2 Å². The number of aryl methyl sites for hydroxylation is 2. The Labute approximate surface area is 149 Å². The minimum atomic E-state index is -3.72.